The average Bonchev–Trinajstić information content (AvgIpc) is 2.67. The minimum absolute atomic E-state index is 0.719. The first-order valence-corrected chi connectivity index (χ1v) is 4.42. The molecular weight excluding hydrogens is 178 g/mol. The van der Waals surface area contributed by atoms with Crippen LogP contribution in [-0.2, 0) is 13.6 Å². The normalized spacial score (nSPS) is 10.7. The van der Waals surface area contributed by atoms with Crippen molar-refractivity contribution in [2.75, 3.05) is 5.73 Å². The van der Waals surface area contributed by atoms with Crippen LogP contribution in [0, 0.1) is 6.92 Å². The van der Waals surface area contributed by atoms with Crippen molar-refractivity contribution < 1.29 is 0 Å². The van der Waals surface area contributed by atoms with E-state index in [0.717, 1.165) is 23.5 Å². The molecule has 2 rings (SSSR count). The van der Waals surface area contributed by atoms with E-state index in [1.165, 1.54) is 0 Å². The Morgan fingerprint density at radius 2 is 2.14 bits per heavy atom. The molecule has 0 atom stereocenters. The van der Waals surface area contributed by atoms with Gasteiger partial charge in [0, 0.05) is 18.8 Å². The molecule has 14 heavy (non-hydrogen) atoms. The van der Waals surface area contributed by atoms with Crippen LogP contribution in [0.15, 0.2) is 18.6 Å². The molecule has 2 N–H and O–H groups in total. The number of aromatic nitrogens is 4. The predicted molar refractivity (Wildman–Crippen MR) is 53.7 cm³/mol. The predicted octanol–water partition coefficient (Wildman–Crippen LogP) is 0.556. The van der Waals surface area contributed by atoms with Gasteiger partial charge in [-0.2, -0.15) is 10.2 Å². The van der Waals surface area contributed by atoms with Crippen molar-refractivity contribution in [1.82, 2.24) is 19.6 Å². The summed E-state index contributed by atoms with van der Waals surface area (Å²) >= 11 is 0. The number of rotatable bonds is 2. The zero-order chi connectivity index (χ0) is 10.1. The molecule has 0 aliphatic rings. The van der Waals surface area contributed by atoms with Gasteiger partial charge in [0.15, 0.2) is 0 Å². The van der Waals surface area contributed by atoms with Gasteiger partial charge in [-0.15, -0.1) is 0 Å². The lowest BCUT2D eigenvalue weighted by Gasteiger charge is -2.01. The van der Waals surface area contributed by atoms with E-state index in [4.69, 9.17) is 5.73 Å². The molecule has 2 aromatic heterocycles. The molecule has 0 spiro atoms. The number of aryl methyl sites for hydroxylation is 1. The molecule has 0 saturated carbocycles. The number of anilines is 1. The Bertz CT molecular complexity index is 440. The zero-order valence-electron chi connectivity index (χ0n) is 8.31. The number of nitrogens with two attached hydrogens (primary N) is 1. The molecule has 0 unspecified atom stereocenters. The summed E-state index contributed by atoms with van der Waals surface area (Å²) < 4.78 is 3.64. The third kappa shape index (κ3) is 1.48. The molecule has 0 fully saturated rings. The van der Waals surface area contributed by atoms with Crippen molar-refractivity contribution in [1.29, 1.82) is 0 Å². The molecule has 5 heteroatoms. The standard InChI is InChI=1S/C9H13N5/c1-7-9(10)4-12-14(7)6-8-3-11-13(2)5-8/h3-5H,6,10H2,1-2H3. The fraction of sp³-hybridized carbons (Fsp3) is 0.333. The second-order valence-electron chi connectivity index (χ2n) is 3.37. The smallest absolute Gasteiger partial charge is 0.0730 e. The first kappa shape index (κ1) is 8.80. The molecule has 74 valence electrons. The van der Waals surface area contributed by atoms with Crippen LogP contribution in [0.25, 0.3) is 0 Å². The van der Waals surface area contributed by atoms with E-state index in [2.05, 4.69) is 10.2 Å². The number of hydrogen-bond donors (Lipinski definition) is 1. The number of nitrogens with zero attached hydrogens (tertiary/aromatic N) is 4. The minimum atomic E-state index is 0.719. The van der Waals surface area contributed by atoms with E-state index in [0.29, 0.717) is 0 Å². The van der Waals surface area contributed by atoms with Crippen LogP contribution < -0.4 is 5.73 Å². The zero-order valence-corrected chi connectivity index (χ0v) is 8.31. The van der Waals surface area contributed by atoms with Crippen molar-refractivity contribution in [2.24, 2.45) is 7.05 Å². The second kappa shape index (κ2) is 3.17. The van der Waals surface area contributed by atoms with E-state index in [-0.39, 0.29) is 0 Å². The van der Waals surface area contributed by atoms with Gasteiger partial charge in [-0.25, -0.2) is 0 Å². The molecule has 0 aliphatic carbocycles. The van der Waals surface area contributed by atoms with Crippen molar-refractivity contribution in [2.45, 2.75) is 13.5 Å². The molecule has 2 heterocycles. The van der Waals surface area contributed by atoms with Gasteiger partial charge in [0.05, 0.1) is 30.3 Å². The quantitative estimate of drug-likeness (QED) is 0.754. The molecule has 0 radical (unpaired) electrons. The molecule has 5 nitrogen and oxygen atoms in total. The Balaban J connectivity index is 2.22. The van der Waals surface area contributed by atoms with Crippen LogP contribution in [0.4, 0.5) is 5.69 Å². The van der Waals surface area contributed by atoms with Gasteiger partial charge in [-0.1, -0.05) is 0 Å². The largest absolute Gasteiger partial charge is 0.396 e. The van der Waals surface area contributed by atoms with Gasteiger partial charge in [0.1, 0.15) is 0 Å². The number of hydrogen-bond acceptors (Lipinski definition) is 3. The van der Waals surface area contributed by atoms with Gasteiger partial charge >= 0.3 is 0 Å². The molecule has 0 bridgehead atoms. The van der Waals surface area contributed by atoms with Crippen LogP contribution in [0.5, 0.6) is 0 Å². The van der Waals surface area contributed by atoms with E-state index < -0.39 is 0 Å². The topological polar surface area (TPSA) is 61.7 Å². The summed E-state index contributed by atoms with van der Waals surface area (Å²) in [6.07, 6.45) is 5.47. The van der Waals surface area contributed by atoms with Gasteiger partial charge in [-0.3, -0.25) is 9.36 Å². The van der Waals surface area contributed by atoms with Gasteiger partial charge < -0.3 is 5.73 Å². The van der Waals surface area contributed by atoms with Crippen LogP contribution >= 0.6 is 0 Å². The Morgan fingerprint density at radius 3 is 2.64 bits per heavy atom. The minimum Gasteiger partial charge on any atom is -0.396 e. The summed E-state index contributed by atoms with van der Waals surface area (Å²) in [4.78, 5) is 0. The second-order valence-corrected chi connectivity index (χ2v) is 3.37. The Labute approximate surface area is 82.1 Å². The highest BCUT2D eigenvalue weighted by molar-refractivity contribution is 5.39. The summed E-state index contributed by atoms with van der Waals surface area (Å²) in [7, 11) is 1.90. The average molecular weight is 191 g/mol. The van der Waals surface area contributed by atoms with E-state index in [1.807, 2.05) is 31.0 Å². The molecule has 0 amide bonds. The molecular formula is C9H13N5. The lowest BCUT2D eigenvalue weighted by atomic mass is 10.3. The monoisotopic (exact) mass is 191 g/mol. The molecule has 0 aromatic carbocycles. The molecule has 2 aromatic rings. The Hall–Kier alpha value is -1.78. The lowest BCUT2D eigenvalue weighted by molar-refractivity contribution is 0.664. The maximum absolute atomic E-state index is 5.70. The summed E-state index contributed by atoms with van der Waals surface area (Å²) in [5.74, 6) is 0. The maximum atomic E-state index is 5.70. The first-order valence-electron chi connectivity index (χ1n) is 4.42. The molecule has 0 aliphatic heterocycles. The van der Waals surface area contributed by atoms with Gasteiger partial charge in [0.25, 0.3) is 0 Å². The van der Waals surface area contributed by atoms with Crippen molar-refractivity contribution in [3.8, 4) is 0 Å². The van der Waals surface area contributed by atoms with E-state index in [9.17, 15) is 0 Å². The van der Waals surface area contributed by atoms with Crippen LogP contribution in [-0.4, -0.2) is 19.6 Å². The third-order valence-corrected chi connectivity index (χ3v) is 2.23. The Kier molecular flexibility index (Phi) is 1.99. The fourth-order valence-electron chi connectivity index (χ4n) is 1.35. The van der Waals surface area contributed by atoms with Gasteiger partial charge in [-0.05, 0) is 6.92 Å². The highest BCUT2D eigenvalue weighted by Crippen LogP contribution is 2.10. The van der Waals surface area contributed by atoms with E-state index >= 15 is 0 Å². The summed E-state index contributed by atoms with van der Waals surface area (Å²) in [6.45, 7) is 2.68. The first-order chi connectivity index (χ1) is 6.66. The number of nitrogen functional groups attached to an aromatic ring is 1. The SMILES string of the molecule is Cc1c(N)cnn1Cc1cnn(C)c1. The Morgan fingerprint density at radius 1 is 1.36 bits per heavy atom. The lowest BCUT2D eigenvalue weighted by Crippen LogP contribution is -2.03. The van der Waals surface area contributed by atoms with E-state index in [1.54, 1.807) is 10.9 Å². The highest BCUT2D eigenvalue weighted by atomic mass is 15.3. The van der Waals surface area contributed by atoms with Gasteiger partial charge in [0.2, 0.25) is 0 Å². The molecule has 0 saturated heterocycles. The van der Waals surface area contributed by atoms with Crippen LogP contribution in [0.2, 0.25) is 0 Å². The van der Waals surface area contributed by atoms with Crippen molar-refractivity contribution in [3.63, 3.8) is 0 Å². The van der Waals surface area contributed by atoms with Crippen LogP contribution in [0.1, 0.15) is 11.3 Å². The summed E-state index contributed by atoms with van der Waals surface area (Å²) in [5.41, 5.74) is 8.54. The van der Waals surface area contributed by atoms with Crippen LogP contribution in [0.3, 0.4) is 0 Å². The highest BCUT2D eigenvalue weighted by Gasteiger charge is 2.04. The van der Waals surface area contributed by atoms with Crippen molar-refractivity contribution >= 4 is 5.69 Å². The fourth-order valence-corrected chi connectivity index (χ4v) is 1.35. The maximum Gasteiger partial charge on any atom is 0.0730 e. The van der Waals surface area contributed by atoms with Crippen molar-refractivity contribution in [3.05, 3.63) is 29.8 Å². The third-order valence-electron chi connectivity index (χ3n) is 2.23. The summed E-state index contributed by atoms with van der Waals surface area (Å²) in [5, 5.41) is 8.27. The summed E-state index contributed by atoms with van der Waals surface area (Å²) in [6, 6.07) is 0.